The molecule has 0 unspecified atom stereocenters. The van der Waals surface area contributed by atoms with Gasteiger partial charge in [0, 0.05) is 22.8 Å². The molecule has 0 aromatic heterocycles. The van der Waals surface area contributed by atoms with Crippen molar-refractivity contribution >= 4 is 39.6 Å². The summed E-state index contributed by atoms with van der Waals surface area (Å²) in [6.45, 7) is -0.556. The van der Waals surface area contributed by atoms with E-state index in [9.17, 15) is 28.1 Å². The summed E-state index contributed by atoms with van der Waals surface area (Å²) in [4.78, 5) is 36.3. The Morgan fingerprint density at radius 2 is 1.56 bits per heavy atom. The zero-order valence-electron chi connectivity index (χ0n) is 20.8. The summed E-state index contributed by atoms with van der Waals surface area (Å²) in [6.07, 6.45) is -1.28. The number of ether oxygens (including phenoxy) is 2. The largest absolute Gasteiger partial charge is 0.459 e. The number of nitro groups is 1. The normalized spacial score (nSPS) is 12.6. The molecular weight excluding hydrogens is 548 g/mol. The minimum absolute atomic E-state index is 0.0159. The van der Waals surface area contributed by atoms with E-state index in [2.05, 4.69) is 5.32 Å². The molecule has 3 aromatic carbocycles. The van der Waals surface area contributed by atoms with Crippen LogP contribution in [0.25, 0.3) is 0 Å². The van der Waals surface area contributed by atoms with Crippen molar-refractivity contribution in [3.63, 3.8) is 0 Å². The van der Waals surface area contributed by atoms with E-state index in [0.717, 1.165) is 28.8 Å². The fraction of sp³-hybridized carbons (Fsp3) is 0.231. The number of esters is 1. The van der Waals surface area contributed by atoms with Gasteiger partial charge < -0.3 is 14.8 Å². The third kappa shape index (κ3) is 10.4. The van der Waals surface area contributed by atoms with Gasteiger partial charge in [0.25, 0.3) is 15.8 Å². The van der Waals surface area contributed by atoms with E-state index in [1.165, 1.54) is 23.9 Å². The minimum atomic E-state index is -4.04. The molecule has 0 spiro atoms. The molecule has 0 radical (unpaired) electrons. The third-order valence-electron chi connectivity index (χ3n) is 5.13. The van der Waals surface area contributed by atoms with Crippen molar-refractivity contribution in [3.8, 4) is 0 Å². The molecule has 0 saturated heterocycles. The Hall–Kier alpha value is -3.94. The zero-order valence-corrected chi connectivity index (χ0v) is 22.4. The topological polar surface area (TPSA) is 151 Å². The van der Waals surface area contributed by atoms with E-state index in [1.807, 2.05) is 36.4 Å². The molecule has 0 aliphatic rings. The van der Waals surface area contributed by atoms with E-state index in [-0.39, 0.29) is 23.6 Å². The number of rotatable bonds is 13. The van der Waals surface area contributed by atoms with Crippen LogP contribution < -0.4 is 5.32 Å². The van der Waals surface area contributed by atoms with Crippen molar-refractivity contribution in [1.82, 2.24) is 5.32 Å². The highest BCUT2D eigenvalue weighted by Crippen LogP contribution is 2.21. The minimum Gasteiger partial charge on any atom is -0.459 e. The van der Waals surface area contributed by atoms with E-state index < -0.39 is 45.9 Å². The number of hydrogen-bond donors (Lipinski definition) is 1. The van der Waals surface area contributed by atoms with E-state index in [1.54, 1.807) is 24.3 Å². The van der Waals surface area contributed by atoms with E-state index in [0.29, 0.717) is 0 Å². The fourth-order valence-electron chi connectivity index (χ4n) is 3.26. The molecule has 3 rings (SSSR count). The molecule has 1 amide bonds. The van der Waals surface area contributed by atoms with E-state index in [4.69, 9.17) is 13.7 Å². The number of carbonyl (C=O) groups is 2. The molecule has 0 aliphatic heterocycles. The lowest BCUT2D eigenvalue weighted by Gasteiger charge is -2.26. The molecular formula is C26H26N2O9S2. The molecule has 39 heavy (non-hydrogen) atoms. The number of thioether (sulfide) groups is 1. The van der Waals surface area contributed by atoms with Crippen LogP contribution in [0.5, 0.6) is 0 Å². The number of carbonyl (C=O) groups excluding carboxylic acids is 2. The first-order chi connectivity index (χ1) is 18.6. The third-order valence-corrected chi connectivity index (χ3v) is 6.86. The number of nitrogens with one attached hydrogen (secondary N) is 1. The number of amides is 1. The van der Waals surface area contributed by atoms with Crippen LogP contribution in [-0.4, -0.2) is 56.2 Å². The molecule has 2 atom stereocenters. The Labute approximate surface area is 229 Å². The van der Waals surface area contributed by atoms with Crippen LogP contribution in [0.2, 0.25) is 0 Å². The number of nitrogens with zero attached hydrogens (tertiary/aromatic N) is 1. The first kappa shape index (κ1) is 29.6. The lowest BCUT2D eigenvalue weighted by molar-refractivity contribution is -0.384. The van der Waals surface area contributed by atoms with Crippen molar-refractivity contribution in [3.05, 3.63) is 106 Å². The molecule has 3 aromatic rings. The molecule has 13 heteroatoms. The first-order valence-electron chi connectivity index (χ1n) is 11.6. The number of benzene rings is 3. The van der Waals surface area contributed by atoms with E-state index >= 15 is 0 Å². The van der Waals surface area contributed by atoms with Gasteiger partial charge in [0.05, 0.1) is 22.8 Å². The Morgan fingerprint density at radius 1 is 0.949 bits per heavy atom. The molecule has 11 nitrogen and oxygen atoms in total. The maximum atomic E-state index is 12.6. The van der Waals surface area contributed by atoms with Crippen molar-refractivity contribution in [2.24, 2.45) is 0 Å². The summed E-state index contributed by atoms with van der Waals surface area (Å²) >= 11 is 1.32. The Balaban J connectivity index is 1.74. The van der Waals surface area contributed by atoms with Crippen LogP contribution >= 0.6 is 11.8 Å². The molecule has 0 bridgehead atoms. The van der Waals surface area contributed by atoms with Gasteiger partial charge >= 0.3 is 12.1 Å². The number of non-ortho nitro benzene ring substituents is 1. The standard InChI is InChI=1S/C26H26N2O9S2/c1-39(33,34)37-24(17-35-25(29)20-12-14-21(15-13-20)28(31)32)23(18-38-22-10-6-3-7-11-22)27-26(30)36-16-19-8-4-2-5-9-19/h2-15,23-24H,16-18H2,1H3,(H,27,30)/t23-,24-/m1/s1. The summed E-state index contributed by atoms with van der Waals surface area (Å²) in [5.41, 5.74) is 0.564. The molecule has 0 saturated carbocycles. The second-order valence-electron chi connectivity index (χ2n) is 8.18. The monoisotopic (exact) mass is 574 g/mol. The van der Waals surface area contributed by atoms with Crippen LogP contribution in [0.3, 0.4) is 0 Å². The summed E-state index contributed by atoms with van der Waals surface area (Å²) in [5.74, 6) is -0.701. The zero-order chi connectivity index (χ0) is 28.3. The van der Waals surface area contributed by atoms with Gasteiger partial charge in [0.15, 0.2) is 0 Å². The highest BCUT2D eigenvalue weighted by atomic mass is 32.2. The SMILES string of the molecule is CS(=O)(=O)O[C@H](COC(=O)c1ccc([N+](=O)[O-])cc1)[C@@H](CSc1ccccc1)NC(=O)OCc1ccccc1. The highest BCUT2D eigenvalue weighted by Gasteiger charge is 2.30. The van der Waals surface area contributed by atoms with Gasteiger partial charge in [-0.2, -0.15) is 8.42 Å². The number of nitro benzene ring substituents is 1. The smallest absolute Gasteiger partial charge is 0.407 e. The highest BCUT2D eigenvalue weighted by molar-refractivity contribution is 7.99. The Morgan fingerprint density at radius 3 is 2.15 bits per heavy atom. The molecule has 0 aliphatic carbocycles. The lowest BCUT2D eigenvalue weighted by Crippen LogP contribution is -2.49. The van der Waals surface area contributed by atoms with Crippen LogP contribution in [-0.2, 0) is 30.4 Å². The van der Waals surface area contributed by atoms with Gasteiger partial charge in [-0.05, 0) is 29.8 Å². The van der Waals surface area contributed by atoms with Gasteiger partial charge in [-0.25, -0.2) is 9.59 Å². The van der Waals surface area contributed by atoms with Crippen molar-refractivity contribution in [2.45, 2.75) is 23.6 Å². The van der Waals surface area contributed by atoms with Crippen LogP contribution in [0.4, 0.5) is 10.5 Å². The maximum absolute atomic E-state index is 12.6. The molecule has 1 N–H and O–H groups in total. The van der Waals surface area contributed by atoms with Gasteiger partial charge in [0.2, 0.25) is 0 Å². The van der Waals surface area contributed by atoms with Gasteiger partial charge in [-0.3, -0.25) is 14.3 Å². The van der Waals surface area contributed by atoms with Crippen molar-refractivity contribution in [2.75, 3.05) is 18.6 Å². The van der Waals surface area contributed by atoms with Crippen LogP contribution in [0, 0.1) is 10.1 Å². The first-order valence-corrected chi connectivity index (χ1v) is 14.4. The summed E-state index contributed by atoms with van der Waals surface area (Å²) in [6, 6.07) is 21.9. The quantitative estimate of drug-likeness (QED) is 0.103. The van der Waals surface area contributed by atoms with Gasteiger partial charge in [0.1, 0.15) is 19.3 Å². The second-order valence-corrected chi connectivity index (χ2v) is 10.9. The summed E-state index contributed by atoms with van der Waals surface area (Å²) in [5, 5.41) is 13.5. The van der Waals surface area contributed by atoms with Crippen LogP contribution in [0.15, 0.2) is 89.8 Å². The number of hydrogen-bond acceptors (Lipinski definition) is 10. The predicted molar refractivity (Wildman–Crippen MR) is 144 cm³/mol. The summed E-state index contributed by atoms with van der Waals surface area (Å²) in [7, 11) is -4.04. The Bertz CT molecular complexity index is 1350. The van der Waals surface area contributed by atoms with Crippen molar-refractivity contribution < 1.29 is 36.6 Å². The van der Waals surface area contributed by atoms with Gasteiger partial charge in [-0.15, -0.1) is 11.8 Å². The van der Waals surface area contributed by atoms with Crippen molar-refractivity contribution in [1.29, 1.82) is 0 Å². The maximum Gasteiger partial charge on any atom is 0.407 e. The lowest BCUT2D eigenvalue weighted by atomic mass is 10.2. The molecule has 0 fully saturated rings. The Kier molecular flexibility index (Phi) is 10.8. The average molecular weight is 575 g/mol. The fourth-order valence-corrected chi connectivity index (χ4v) is 4.91. The molecule has 0 heterocycles. The summed E-state index contributed by atoms with van der Waals surface area (Å²) < 4.78 is 39.9. The molecule has 206 valence electrons. The predicted octanol–water partition coefficient (Wildman–Crippen LogP) is 4.18. The van der Waals surface area contributed by atoms with Crippen LogP contribution in [0.1, 0.15) is 15.9 Å². The number of alkyl carbamates (subject to hydrolysis) is 1. The second kappa shape index (κ2) is 14.3. The average Bonchev–Trinajstić information content (AvgIpc) is 2.92. The van der Waals surface area contributed by atoms with Gasteiger partial charge in [-0.1, -0.05) is 48.5 Å².